The quantitative estimate of drug-likeness (QED) is 0.720. The normalized spacial score (nSPS) is 13.9. The highest BCUT2D eigenvalue weighted by Gasteiger charge is 2.23. The molecular weight excluding hydrogens is 344 g/mol. The second-order valence-corrected chi connectivity index (χ2v) is 7.23. The van der Waals surface area contributed by atoms with Crippen molar-refractivity contribution in [2.45, 2.75) is 39.5 Å². The van der Waals surface area contributed by atoms with Gasteiger partial charge in [-0.1, -0.05) is 19.0 Å². The fourth-order valence-corrected chi connectivity index (χ4v) is 2.74. The summed E-state index contributed by atoms with van der Waals surface area (Å²) in [5, 5.41) is 11.3. The van der Waals surface area contributed by atoms with Gasteiger partial charge in [-0.25, -0.2) is 9.67 Å². The minimum Gasteiger partial charge on any atom is -0.352 e. The van der Waals surface area contributed by atoms with E-state index in [2.05, 4.69) is 25.5 Å². The molecule has 8 nitrogen and oxygen atoms in total. The van der Waals surface area contributed by atoms with Crippen LogP contribution in [0.1, 0.15) is 54.5 Å². The molecule has 1 saturated carbocycles. The first-order valence-corrected chi connectivity index (χ1v) is 9.16. The van der Waals surface area contributed by atoms with E-state index in [1.165, 1.54) is 12.8 Å². The lowest BCUT2D eigenvalue weighted by molar-refractivity contribution is 0.0951. The zero-order valence-corrected chi connectivity index (χ0v) is 15.6. The van der Waals surface area contributed by atoms with Crippen molar-refractivity contribution in [2.24, 2.45) is 5.92 Å². The van der Waals surface area contributed by atoms with E-state index >= 15 is 0 Å². The first-order valence-electron chi connectivity index (χ1n) is 9.16. The van der Waals surface area contributed by atoms with Crippen LogP contribution in [0.5, 0.6) is 0 Å². The van der Waals surface area contributed by atoms with Crippen LogP contribution in [0.3, 0.4) is 0 Å². The van der Waals surface area contributed by atoms with Crippen molar-refractivity contribution in [1.82, 2.24) is 30.2 Å². The van der Waals surface area contributed by atoms with Gasteiger partial charge in [-0.2, -0.15) is 10.1 Å². The van der Waals surface area contributed by atoms with Crippen LogP contribution in [0.25, 0.3) is 17.3 Å². The highest BCUT2D eigenvalue weighted by Crippen LogP contribution is 2.27. The molecule has 27 heavy (non-hydrogen) atoms. The van der Waals surface area contributed by atoms with Crippen LogP contribution in [-0.2, 0) is 0 Å². The minimum atomic E-state index is -0.0886. The second kappa shape index (κ2) is 6.94. The summed E-state index contributed by atoms with van der Waals surface area (Å²) in [6.45, 7) is 6.62. The van der Waals surface area contributed by atoms with Gasteiger partial charge in [0.25, 0.3) is 11.8 Å². The fraction of sp³-hybridized carbons (Fsp3) is 0.421. The Morgan fingerprint density at radius 3 is 2.78 bits per heavy atom. The van der Waals surface area contributed by atoms with E-state index in [1.54, 1.807) is 17.1 Å². The standard InChI is InChI=1S/C19H22N6O2/c1-11(2)17-23-19(27-24-17)14-6-7-16(20-9-14)25-12(3)15(10-22-25)18(26)21-8-13-4-5-13/h6-7,9-11,13H,4-5,8H2,1-3H3,(H,21,26). The van der Waals surface area contributed by atoms with Crippen molar-refractivity contribution < 1.29 is 9.32 Å². The molecule has 0 atom stereocenters. The Kier molecular flexibility index (Phi) is 4.47. The third-order valence-corrected chi connectivity index (χ3v) is 4.67. The molecule has 1 aliphatic carbocycles. The summed E-state index contributed by atoms with van der Waals surface area (Å²) < 4.78 is 6.95. The Hall–Kier alpha value is -3.03. The van der Waals surface area contributed by atoms with E-state index in [-0.39, 0.29) is 11.8 Å². The number of carbonyl (C=O) groups excluding carboxylic acids is 1. The molecule has 0 aliphatic heterocycles. The number of nitrogens with zero attached hydrogens (tertiary/aromatic N) is 5. The summed E-state index contributed by atoms with van der Waals surface area (Å²) in [6.07, 6.45) is 5.65. The van der Waals surface area contributed by atoms with Crippen molar-refractivity contribution >= 4 is 5.91 Å². The zero-order chi connectivity index (χ0) is 19.0. The molecule has 3 heterocycles. The van der Waals surface area contributed by atoms with Crippen LogP contribution < -0.4 is 5.32 Å². The van der Waals surface area contributed by atoms with Gasteiger partial charge in [-0.3, -0.25) is 4.79 Å². The average Bonchev–Trinajstić information content (AvgIpc) is 3.21. The number of amides is 1. The molecule has 3 aromatic rings. The van der Waals surface area contributed by atoms with Gasteiger partial charge in [0, 0.05) is 18.7 Å². The van der Waals surface area contributed by atoms with E-state index in [9.17, 15) is 4.79 Å². The van der Waals surface area contributed by atoms with Gasteiger partial charge < -0.3 is 9.84 Å². The van der Waals surface area contributed by atoms with Crippen molar-refractivity contribution in [2.75, 3.05) is 6.54 Å². The van der Waals surface area contributed by atoms with Crippen LogP contribution in [0.4, 0.5) is 0 Å². The van der Waals surface area contributed by atoms with E-state index in [4.69, 9.17) is 4.52 Å². The fourth-order valence-electron chi connectivity index (χ4n) is 2.74. The number of hydrogen-bond acceptors (Lipinski definition) is 6. The van der Waals surface area contributed by atoms with E-state index in [0.717, 1.165) is 17.8 Å². The molecule has 4 rings (SSSR count). The Bertz CT molecular complexity index is 953. The van der Waals surface area contributed by atoms with Crippen LogP contribution in [0, 0.1) is 12.8 Å². The molecular formula is C19H22N6O2. The number of carbonyl (C=O) groups is 1. The predicted octanol–water partition coefficient (Wildman–Crippen LogP) is 2.89. The maximum Gasteiger partial charge on any atom is 0.259 e. The number of rotatable bonds is 6. The Balaban J connectivity index is 1.52. The number of nitrogens with one attached hydrogen (secondary N) is 1. The molecule has 1 amide bonds. The Morgan fingerprint density at radius 2 is 2.15 bits per heavy atom. The van der Waals surface area contributed by atoms with Crippen LogP contribution in [0.15, 0.2) is 29.0 Å². The van der Waals surface area contributed by atoms with Crippen LogP contribution in [-0.4, -0.2) is 37.4 Å². The van der Waals surface area contributed by atoms with Gasteiger partial charge in [0.15, 0.2) is 11.6 Å². The molecule has 140 valence electrons. The molecule has 1 fully saturated rings. The lowest BCUT2D eigenvalue weighted by atomic mass is 10.2. The SMILES string of the molecule is Cc1c(C(=O)NCC2CC2)cnn1-c1ccc(-c2nc(C(C)C)no2)cn1. The maximum atomic E-state index is 12.3. The molecule has 0 saturated heterocycles. The molecule has 0 spiro atoms. The van der Waals surface area contributed by atoms with E-state index < -0.39 is 0 Å². The first-order chi connectivity index (χ1) is 13.0. The summed E-state index contributed by atoms with van der Waals surface area (Å²) in [7, 11) is 0. The number of pyridine rings is 1. The molecule has 0 unspecified atom stereocenters. The lowest BCUT2D eigenvalue weighted by Gasteiger charge is -2.06. The highest BCUT2D eigenvalue weighted by molar-refractivity contribution is 5.95. The third-order valence-electron chi connectivity index (χ3n) is 4.67. The largest absolute Gasteiger partial charge is 0.352 e. The molecule has 0 radical (unpaired) electrons. The van der Waals surface area contributed by atoms with Gasteiger partial charge in [0.2, 0.25) is 0 Å². The van der Waals surface area contributed by atoms with E-state index in [0.29, 0.717) is 29.0 Å². The molecule has 8 heteroatoms. The smallest absolute Gasteiger partial charge is 0.259 e. The van der Waals surface area contributed by atoms with Gasteiger partial charge >= 0.3 is 0 Å². The molecule has 0 aromatic carbocycles. The monoisotopic (exact) mass is 366 g/mol. The molecule has 3 aromatic heterocycles. The molecule has 1 N–H and O–H groups in total. The first kappa shape index (κ1) is 17.4. The van der Waals surface area contributed by atoms with Crippen molar-refractivity contribution in [3.05, 3.63) is 41.6 Å². The second-order valence-electron chi connectivity index (χ2n) is 7.23. The summed E-state index contributed by atoms with van der Waals surface area (Å²) in [4.78, 5) is 21.1. The van der Waals surface area contributed by atoms with Crippen LogP contribution in [0.2, 0.25) is 0 Å². The van der Waals surface area contributed by atoms with Crippen molar-refractivity contribution in [3.63, 3.8) is 0 Å². The third kappa shape index (κ3) is 3.60. The summed E-state index contributed by atoms with van der Waals surface area (Å²) >= 11 is 0. The minimum absolute atomic E-state index is 0.0886. The predicted molar refractivity (Wildman–Crippen MR) is 98.5 cm³/mol. The summed E-state index contributed by atoms with van der Waals surface area (Å²) in [5.74, 6) is 2.48. The lowest BCUT2D eigenvalue weighted by Crippen LogP contribution is -2.25. The highest BCUT2D eigenvalue weighted by atomic mass is 16.5. The van der Waals surface area contributed by atoms with Gasteiger partial charge in [0.05, 0.1) is 23.0 Å². The van der Waals surface area contributed by atoms with Gasteiger partial charge in [0.1, 0.15) is 0 Å². The summed E-state index contributed by atoms with van der Waals surface area (Å²) in [5.41, 5.74) is 2.06. The van der Waals surface area contributed by atoms with Crippen molar-refractivity contribution in [1.29, 1.82) is 0 Å². The number of aromatic nitrogens is 5. The van der Waals surface area contributed by atoms with Crippen LogP contribution >= 0.6 is 0 Å². The Labute approximate surface area is 157 Å². The summed E-state index contributed by atoms with van der Waals surface area (Å²) in [6, 6.07) is 3.67. The van der Waals surface area contributed by atoms with Gasteiger partial charge in [-0.05, 0) is 37.8 Å². The number of hydrogen-bond donors (Lipinski definition) is 1. The Morgan fingerprint density at radius 1 is 1.33 bits per heavy atom. The van der Waals surface area contributed by atoms with Gasteiger partial charge in [-0.15, -0.1) is 0 Å². The van der Waals surface area contributed by atoms with Crippen molar-refractivity contribution in [3.8, 4) is 17.3 Å². The van der Waals surface area contributed by atoms with E-state index in [1.807, 2.05) is 32.9 Å². The maximum absolute atomic E-state index is 12.3. The average molecular weight is 366 g/mol. The zero-order valence-electron chi connectivity index (χ0n) is 15.6. The molecule has 0 bridgehead atoms. The molecule has 1 aliphatic rings. The topological polar surface area (TPSA) is 98.7 Å².